The lowest BCUT2D eigenvalue weighted by atomic mass is 10.0. The van der Waals surface area contributed by atoms with Crippen LogP contribution in [0, 0.1) is 5.92 Å². The van der Waals surface area contributed by atoms with Gasteiger partial charge in [0.15, 0.2) is 0 Å². The van der Waals surface area contributed by atoms with Gasteiger partial charge in [0.25, 0.3) is 0 Å². The van der Waals surface area contributed by atoms with E-state index in [4.69, 9.17) is 0 Å². The van der Waals surface area contributed by atoms with Crippen LogP contribution in [0.15, 0.2) is 16.3 Å². The fourth-order valence-corrected chi connectivity index (χ4v) is 5.05. The third-order valence-electron chi connectivity index (χ3n) is 3.74. The molecule has 4 nitrogen and oxygen atoms in total. The smallest absolute Gasteiger partial charge is 0.243 e. The lowest BCUT2D eigenvalue weighted by molar-refractivity contribution is 0.288. The van der Waals surface area contributed by atoms with E-state index in [1.54, 1.807) is 9.69 Å². The van der Waals surface area contributed by atoms with Crippen molar-refractivity contribution in [1.82, 2.24) is 9.62 Å². The molecule has 0 saturated carbocycles. The van der Waals surface area contributed by atoms with Crippen LogP contribution in [0.25, 0.3) is 0 Å². The number of sulfonamides is 1. The summed E-state index contributed by atoms with van der Waals surface area (Å²) in [6.45, 7) is 7.33. The zero-order valence-corrected chi connectivity index (χ0v) is 13.9. The van der Waals surface area contributed by atoms with Crippen molar-refractivity contribution >= 4 is 21.4 Å². The summed E-state index contributed by atoms with van der Waals surface area (Å²) >= 11 is 1.52. The monoisotopic (exact) mass is 316 g/mol. The van der Waals surface area contributed by atoms with Crippen molar-refractivity contribution in [1.29, 1.82) is 0 Å². The highest BCUT2D eigenvalue weighted by molar-refractivity contribution is 7.89. The molecule has 1 saturated heterocycles. The van der Waals surface area contributed by atoms with Crippen LogP contribution in [0.5, 0.6) is 0 Å². The van der Waals surface area contributed by atoms with Crippen molar-refractivity contribution in [2.24, 2.45) is 5.92 Å². The molecule has 1 aromatic rings. The van der Waals surface area contributed by atoms with Gasteiger partial charge >= 0.3 is 0 Å². The van der Waals surface area contributed by atoms with Crippen LogP contribution < -0.4 is 5.32 Å². The van der Waals surface area contributed by atoms with Gasteiger partial charge < -0.3 is 5.32 Å². The normalized spacial score (nSPS) is 18.5. The second-order valence-electron chi connectivity index (χ2n) is 5.51. The molecule has 0 amide bonds. The first-order valence-corrected chi connectivity index (χ1v) is 9.64. The van der Waals surface area contributed by atoms with Crippen molar-refractivity contribution < 1.29 is 8.42 Å². The van der Waals surface area contributed by atoms with Crippen molar-refractivity contribution in [3.05, 3.63) is 16.3 Å². The predicted octanol–water partition coefficient (Wildman–Crippen LogP) is 2.67. The van der Waals surface area contributed by atoms with Crippen LogP contribution in [0.1, 0.15) is 38.0 Å². The fourth-order valence-electron chi connectivity index (χ4n) is 2.35. The minimum absolute atomic E-state index is 0.463. The third-order valence-corrected chi connectivity index (χ3v) is 6.70. The number of nitrogens with zero attached hydrogens (tertiary/aromatic N) is 1. The number of rotatable bonds is 6. The van der Waals surface area contributed by atoms with Gasteiger partial charge in [-0.25, -0.2) is 8.42 Å². The van der Waals surface area contributed by atoms with Crippen LogP contribution >= 0.6 is 11.3 Å². The Labute approximate surface area is 126 Å². The zero-order valence-electron chi connectivity index (χ0n) is 12.3. The molecule has 6 heteroatoms. The maximum atomic E-state index is 12.5. The summed E-state index contributed by atoms with van der Waals surface area (Å²) in [6.07, 6.45) is 3.02. The van der Waals surface area contributed by atoms with Gasteiger partial charge in [0, 0.05) is 29.9 Å². The van der Waals surface area contributed by atoms with Crippen molar-refractivity contribution in [3.8, 4) is 0 Å². The van der Waals surface area contributed by atoms with E-state index in [2.05, 4.69) is 19.2 Å². The highest BCUT2D eigenvalue weighted by Crippen LogP contribution is 2.26. The van der Waals surface area contributed by atoms with Gasteiger partial charge in [-0.15, -0.1) is 11.3 Å². The average Bonchev–Trinajstić information content (AvgIpc) is 2.89. The van der Waals surface area contributed by atoms with Gasteiger partial charge in [0.1, 0.15) is 0 Å². The van der Waals surface area contributed by atoms with Crippen LogP contribution in [0.2, 0.25) is 0 Å². The van der Waals surface area contributed by atoms with E-state index in [9.17, 15) is 8.42 Å². The molecule has 1 aliphatic heterocycles. The van der Waals surface area contributed by atoms with Crippen molar-refractivity contribution in [2.45, 2.75) is 44.6 Å². The van der Waals surface area contributed by atoms with Gasteiger partial charge in [-0.3, -0.25) is 0 Å². The first kappa shape index (κ1) is 15.9. The molecule has 20 heavy (non-hydrogen) atoms. The Bertz CT molecular complexity index is 517. The molecule has 0 spiro atoms. The Balaban J connectivity index is 2.02. The van der Waals surface area contributed by atoms with E-state index in [1.807, 2.05) is 6.07 Å². The maximum absolute atomic E-state index is 12.5. The summed E-state index contributed by atoms with van der Waals surface area (Å²) in [4.78, 5) is 1.55. The van der Waals surface area contributed by atoms with E-state index in [0.717, 1.165) is 37.2 Å². The molecular formula is C14H24N2O2S2. The maximum Gasteiger partial charge on any atom is 0.243 e. The molecule has 2 heterocycles. The third kappa shape index (κ3) is 3.81. The zero-order chi connectivity index (χ0) is 14.6. The molecule has 1 fully saturated rings. The summed E-state index contributed by atoms with van der Waals surface area (Å²) in [7, 11) is -3.28. The predicted molar refractivity (Wildman–Crippen MR) is 83.5 cm³/mol. The van der Waals surface area contributed by atoms with Crippen LogP contribution in [0.3, 0.4) is 0 Å². The van der Waals surface area contributed by atoms with Crippen molar-refractivity contribution in [3.63, 3.8) is 0 Å². The number of hydrogen-bond donors (Lipinski definition) is 1. The van der Waals surface area contributed by atoms with Crippen LogP contribution in [0.4, 0.5) is 0 Å². The van der Waals surface area contributed by atoms with E-state index in [1.165, 1.54) is 11.3 Å². The van der Waals surface area contributed by atoms with E-state index >= 15 is 0 Å². The second-order valence-corrected chi connectivity index (χ2v) is 8.45. The summed E-state index contributed by atoms with van der Waals surface area (Å²) in [5.74, 6) is 0.637. The van der Waals surface area contributed by atoms with E-state index in [0.29, 0.717) is 23.9 Å². The minimum Gasteiger partial charge on any atom is -0.312 e. The van der Waals surface area contributed by atoms with Gasteiger partial charge in [-0.05, 0) is 37.8 Å². The van der Waals surface area contributed by atoms with E-state index < -0.39 is 10.0 Å². The highest BCUT2D eigenvalue weighted by Gasteiger charge is 2.28. The fraction of sp³-hybridized carbons (Fsp3) is 0.714. The number of nitrogens with one attached hydrogen (secondary N) is 1. The van der Waals surface area contributed by atoms with Crippen LogP contribution in [-0.2, 0) is 16.6 Å². The summed E-state index contributed by atoms with van der Waals surface area (Å²) < 4.78 is 26.7. The lowest BCUT2D eigenvalue weighted by Crippen LogP contribution is -2.37. The van der Waals surface area contributed by atoms with E-state index in [-0.39, 0.29) is 0 Å². The SMILES string of the molecule is CCCNCc1cc(S(=O)(=O)N2CCC(C)CC2)cs1. The van der Waals surface area contributed by atoms with Gasteiger partial charge in [-0.1, -0.05) is 13.8 Å². The molecule has 0 radical (unpaired) electrons. The molecule has 1 N–H and O–H groups in total. The summed E-state index contributed by atoms with van der Waals surface area (Å²) in [5.41, 5.74) is 0. The number of hydrogen-bond acceptors (Lipinski definition) is 4. The summed E-state index contributed by atoms with van der Waals surface area (Å²) in [5, 5.41) is 5.08. The highest BCUT2D eigenvalue weighted by atomic mass is 32.2. The Morgan fingerprint density at radius 1 is 1.40 bits per heavy atom. The Morgan fingerprint density at radius 2 is 2.10 bits per heavy atom. The van der Waals surface area contributed by atoms with Gasteiger partial charge in [0.2, 0.25) is 10.0 Å². The first-order valence-electron chi connectivity index (χ1n) is 7.32. The number of thiophene rings is 1. The Hall–Kier alpha value is -0.430. The Morgan fingerprint density at radius 3 is 2.75 bits per heavy atom. The number of piperidine rings is 1. The van der Waals surface area contributed by atoms with Gasteiger partial charge in [-0.2, -0.15) is 4.31 Å². The van der Waals surface area contributed by atoms with Gasteiger partial charge in [0.05, 0.1) is 4.90 Å². The largest absolute Gasteiger partial charge is 0.312 e. The molecule has 114 valence electrons. The quantitative estimate of drug-likeness (QED) is 0.821. The molecule has 0 aromatic carbocycles. The first-order chi connectivity index (χ1) is 9.54. The van der Waals surface area contributed by atoms with Crippen LogP contribution in [-0.4, -0.2) is 32.4 Å². The topological polar surface area (TPSA) is 49.4 Å². The van der Waals surface area contributed by atoms with Crippen molar-refractivity contribution in [2.75, 3.05) is 19.6 Å². The molecule has 2 rings (SSSR count). The lowest BCUT2D eigenvalue weighted by Gasteiger charge is -2.29. The average molecular weight is 316 g/mol. The molecule has 1 aliphatic rings. The molecule has 0 aliphatic carbocycles. The molecule has 1 aromatic heterocycles. The Kier molecular flexibility index (Phi) is 5.60. The molecule has 0 atom stereocenters. The molecular weight excluding hydrogens is 292 g/mol. The molecule has 0 unspecified atom stereocenters. The second kappa shape index (κ2) is 7.02. The standard InChI is InChI=1S/C14H24N2O2S2/c1-3-6-15-10-13-9-14(11-19-13)20(17,18)16-7-4-12(2)5-8-16/h9,11-12,15H,3-8,10H2,1-2H3. The minimum atomic E-state index is -3.28. The summed E-state index contributed by atoms with van der Waals surface area (Å²) in [6, 6.07) is 1.82. The molecule has 0 bridgehead atoms.